The van der Waals surface area contributed by atoms with Crippen molar-refractivity contribution in [2.45, 2.75) is 33.1 Å². The van der Waals surface area contributed by atoms with Gasteiger partial charge in [0.25, 0.3) is 0 Å². The van der Waals surface area contributed by atoms with Gasteiger partial charge in [0.1, 0.15) is 17.3 Å². The fourth-order valence-electron chi connectivity index (χ4n) is 5.63. The highest BCUT2D eigenvalue weighted by Gasteiger charge is 2.25. The molecule has 266 valence electrons. The molecule has 4 amide bonds. The first-order valence-corrected chi connectivity index (χ1v) is 16.0. The van der Waals surface area contributed by atoms with E-state index >= 15 is 0 Å². The molecule has 0 bridgehead atoms. The fraction of sp³-hybridized carbons (Fsp3) is 0.167. The SMILES string of the molecule is CO.Cc1nn(-c2ccc(F)cc2)cc1NC(=O)N1Cc2ccncc2C1.Nc1nn(-c2ccc(F)cc2)cc1NC(=O)N1Cc2ccncc2C1. The summed E-state index contributed by atoms with van der Waals surface area (Å²) in [5, 5.41) is 21.2. The van der Waals surface area contributed by atoms with Crippen molar-refractivity contribution in [3.8, 4) is 11.4 Å². The van der Waals surface area contributed by atoms with E-state index in [1.54, 1.807) is 75.9 Å². The van der Waals surface area contributed by atoms with Crippen molar-refractivity contribution in [2.75, 3.05) is 23.5 Å². The number of fused-ring (bicyclic) bond motifs is 2. The average Bonchev–Trinajstić information content (AvgIpc) is 3.95. The molecular formula is C36H35F2N11O3. The van der Waals surface area contributed by atoms with Crippen LogP contribution in [0.3, 0.4) is 0 Å². The lowest BCUT2D eigenvalue weighted by Gasteiger charge is -2.15. The first-order valence-electron chi connectivity index (χ1n) is 16.0. The maximum atomic E-state index is 13.0. The smallest absolute Gasteiger partial charge is 0.322 e. The number of rotatable bonds is 4. The highest BCUT2D eigenvalue weighted by molar-refractivity contribution is 5.92. The van der Waals surface area contributed by atoms with Gasteiger partial charge in [0.15, 0.2) is 5.82 Å². The number of carbonyl (C=O) groups excluding carboxylic acids is 2. The molecule has 0 saturated heterocycles. The molecule has 0 fully saturated rings. The fourth-order valence-corrected chi connectivity index (χ4v) is 5.63. The number of halogens is 2. The number of pyridine rings is 2. The summed E-state index contributed by atoms with van der Waals surface area (Å²) in [6.07, 6.45) is 10.3. The molecule has 2 aromatic carbocycles. The summed E-state index contributed by atoms with van der Waals surface area (Å²) in [4.78, 5) is 36.6. The second-order valence-corrected chi connectivity index (χ2v) is 11.8. The number of aromatic nitrogens is 6. The summed E-state index contributed by atoms with van der Waals surface area (Å²) in [6.45, 7) is 3.95. The van der Waals surface area contributed by atoms with E-state index in [4.69, 9.17) is 10.8 Å². The van der Waals surface area contributed by atoms with Gasteiger partial charge in [0.2, 0.25) is 0 Å². The van der Waals surface area contributed by atoms with Gasteiger partial charge in [0, 0.05) is 58.1 Å². The van der Waals surface area contributed by atoms with Crippen molar-refractivity contribution in [3.05, 3.63) is 137 Å². The third kappa shape index (κ3) is 7.87. The Morgan fingerprint density at radius 1 is 0.654 bits per heavy atom. The van der Waals surface area contributed by atoms with E-state index in [2.05, 4.69) is 30.8 Å². The topological polar surface area (TPSA) is 172 Å². The van der Waals surface area contributed by atoms with Crippen LogP contribution in [-0.4, -0.2) is 63.6 Å². The number of anilines is 3. The zero-order valence-corrected chi connectivity index (χ0v) is 28.2. The molecule has 0 unspecified atom stereocenters. The molecule has 0 spiro atoms. The van der Waals surface area contributed by atoms with Gasteiger partial charge in [-0.25, -0.2) is 27.7 Å². The lowest BCUT2D eigenvalue weighted by Crippen LogP contribution is -2.30. The minimum absolute atomic E-state index is 0.182. The summed E-state index contributed by atoms with van der Waals surface area (Å²) in [5.41, 5.74) is 13.3. The normalized spacial score (nSPS) is 12.6. The van der Waals surface area contributed by atoms with Crippen molar-refractivity contribution < 1.29 is 23.5 Å². The Hall–Kier alpha value is -6.68. The zero-order valence-electron chi connectivity index (χ0n) is 28.2. The molecule has 8 rings (SSSR count). The Kier molecular flexibility index (Phi) is 10.5. The molecule has 52 heavy (non-hydrogen) atoms. The van der Waals surface area contributed by atoms with E-state index in [0.29, 0.717) is 48.9 Å². The number of nitrogens with one attached hydrogen (secondary N) is 2. The zero-order chi connectivity index (χ0) is 36.8. The van der Waals surface area contributed by atoms with Gasteiger partial charge in [0.05, 0.1) is 35.1 Å². The van der Waals surface area contributed by atoms with Gasteiger partial charge in [-0.15, -0.1) is 5.10 Å². The van der Waals surface area contributed by atoms with Crippen LogP contribution >= 0.6 is 0 Å². The predicted molar refractivity (Wildman–Crippen MR) is 189 cm³/mol. The molecule has 6 aromatic rings. The number of hydrogen-bond acceptors (Lipinski definition) is 8. The Balaban J connectivity index is 0.000000171. The third-order valence-corrected chi connectivity index (χ3v) is 8.34. The van der Waals surface area contributed by atoms with Crippen LogP contribution in [-0.2, 0) is 26.2 Å². The Morgan fingerprint density at radius 2 is 1.08 bits per heavy atom. The number of benzene rings is 2. The molecular weight excluding hydrogens is 672 g/mol. The highest BCUT2D eigenvalue weighted by atomic mass is 19.1. The standard InChI is InChI=1S/C18H16FN5O.C17H15FN6O.CH4O/c1-12-17(11-24(22-12)16-4-2-15(19)3-5-16)21-18(25)23-9-13-6-7-20-8-14(13)10-23;18-13-1-3-14(4-2-13)24-10-15(16(19)22-24)21-17(25)23-8-11-5-6-20-7-12(11)9-23;1-2/h2-8,11H,9-10H2,1H3,(H,21,25);1-7,10H,8-9H2,(H2,19,22)(H,21,25);2H,1H3. The number of hydrogen-bond donors (Lipinski definition) is 4. The Bertz CT molecular complexity index is 1980. The molecule has 2 aliphatic rings. The van der Waals surface area contributed by atoms with Gasteiger partial charge >= 0.3 is 12.1 Å². The van der Waals surface area contributed by atoms with Crippen LogP contribution in [0.1, 0.15) is 27.9 Å². The van der Waals surface area contributed by atoms with Crippen molar-refractivity contribution in [1.29, 1.82) is 0 Å². The molecule has 6 heterocycles. The van der Waals surface area contributed by atoms with Gasteiger partial charge in [-0.1, -0.05) is 0 Å². The summed E-state index contributed by atoms with van der Waals surface area (Å²) in [5.74, 6) is -0.444. The minimum Gasteiger partial charge on any atom is -0.400 e. The van der Waals surface area contributed by atoms with E-state index in [1.165, 1.54) is 28.9 Å². The van der Waals surface area contributed by atoms with Gasteiger partial charge in [-0.05, 0) is 89.8 Å². The number of nitrogens with zero attached hydrogens (tertiary/aromatic N) is 8. The number of carbonyl (C=O) groups is 2. The predicted octanol–water partition coefficient (Wildman–Crippen LogP) is 5.41. The first kappa shape index (κ1) is 35.2. The molecule has 0 saturated carbocycles. The number of aliphatic hydroxyl groups is 1. The van der Waals surface area contributed by atoms with E-state index in [1.807, 2.05) is 19.1 Å². The molecule has 0 aliphatic carbocycles. The monoisotopic (exact) mass is 707 g/mol. The van der Waals surface area contributed by atoms with Crippen LogP contribution in [0.25, 0.3) is 11.4 Å². The molecule has 0 atom stereocenters. The van der Waals surface area contributed by atoms with Crippen molar-refractivity contribution in [1.82, 2.24) is 39.3 Å². The van der Waals surface area contributed by atoms with Crippen LogP contribution in [0.15, 0.2) is 97.8 Å². The second kappa shape index (κ2) is 15.5. The van der Waals surface area contributed by atoms with E-state index in [0.717, 1.165) is 35.1 Å². The van der Waals surface area contributed by atoms with Crippen LogP contribution in [0.4, 0.5) is 35.6 Å². The average molecular weight is 708 g/mol. The number of aliphatic hydroxyl groups excluding tert-OH is 1. The van der Waals surface area contributed by atoms with Crippen molar-refractivity contribution in [3.63, 3.8) is 0 Å². The van der Waals surface area contributed by atoms with E-state index in [-0.39, 0.29) is 29.5 Å². The maximum absolute atomic E-state index is 13.0. The largest absolute Gasteiger partial charge is 0.400 e. The van der Waals surface area contributed by atoms with Gasteiger partial charge in [-0.3, -0.25) is 9.97 Å². The molecule has 14 nitrogen and oxygen atoms in total. The van der Waals surface area contributed by atoms with E-state index in [9.17, 15) is 18.4 Å². The number of amides is 4. The van der Waals surface area contributed by atoms with Crippen molar-refractivity contribution >= 4 is 29.3 Å². The number of nitrogens with two attached hydrogens (primary N) is 1. The molecule has 5 N–H and O–H groups in total. The third-order valence-electron chi connectivity index (χ3n) is 8.34. The summed E-state index contributed by atoms with van der Waals surface area (Å²) < 4.78 is 29.2. The summed E-state index contributed by atoms with van der Waals surface area (Å²) in [7, 11) is 1.00. The molecule has 0 radical (unpaired) electrons. The maximum Gasteiger partial charge on any atom is 0.322 e. The van der Waals surface area contributed by atoms with Crippen LogP contribution in [0, 0.1) is 18.6 Å². The number of urea groups is 2. The summed E-state index contributed by atoms with van der Waals surface area (Å²) >= 11 is 0. The summed E-state index contributed by atoms with van der Waals surface area (Å²) in [6, 6.07) is 15.2. The minimum atomic E-state index is -0.333. The lowest BCUT2D eigenvalue weighted by atomic mass is 10.2. The first-order chi connectivity index (χ1) is 25.2. The lowest BCUT2D eigenvalue weighted by molar-refractivity contribution is 0.212. The quantitative estimate of drug-likeness (QED) is 0.188. The molecule has 16 heteroatoms. The second-order valence-electron chi connectivity index (χ2n) is 11.8. The Labute approximate surface area is 297 Å². The van der Waals surface area contributed by atoms with Gasteiger partial charge < -0.3 is 31.3 Å². The Morgan fingerprint density at radius 3 is 1.56 bits per heavy atom. The molecule has 4 aromatic heterocycles. The van der Waals surface area contributed by atoms with E-state index < -0.39 is 0 Å². The van der Waals surface area contributed by atoms with Crippen LogP contribution in [0.2, 0.25) is 0 Å². The molecule has 2 aliphatic heterocycles. The van der Waals surface area contributed by atoms with Crippen LogP contribution in [0.5, 0.6) is 0 Å². The van der Waals surface area contributed by atoms with Crippen molar-refractivity contribution in [2.24, 2.45) is 0 Å². The highest BCUT2D eigenvalue weighted by Crippen LogP contribution is 2.26. The van der Waals surface area contributed by atoms with Gasteiger partial charge in [-0.2, -0.15) is 5.10 Å². The number of aryl methyl sites for hydroxylation is 1. The number of nitrogen functional groups attached to an aromatic ring is 1. The van der Waals surface area contributed by atoms with Crippen LogP contribution < -0.4 is 16.4 Å².